The molecule has 1 aliphatic rings. The smallest absolute Gasteiger partial charge is 0.211 e. The van der Waals surface area contributed by atoms with E-state index in [1.807, 2.05) is 10.7 Å². The summed E-state index contributed by atoms with van der Waals surface area (Å²) in [5.41, 5.74) is 1.13. The fourth-order valence-corrected chi connectivity index (χ4v) is 1.29. The highest BCUT2D eigenvalue weighted by molar-refractivity contribution is 5.16. The van der Waals surface area contributed by atoms with Gasteiger partial charge in [-0.15, -0.1) is 0 Å². The Labute approximate surface area is 66.0 Å². The molecule has 0 amide bonds. The van der Waals surface area contributed by atoms with Crippen LogP contribution in [0.15, 0.2) is 6.07 Å². The molecule has 2 heterocycles. The minimum absolute atomic E-state index is 0.842. The van der Waals surface area contributed by atoms with Crippen molar-refractivity contribution in [3.05, 3.63) is 11.8 Å². The standard InChI is InChI=1S/C8H12N2O/c1-2-7-6-8-10(9-7)4-3-5-11-8/h6H,2-5H2,1H3. The first kappa shape index (κ1) is 6.70. The second-order valence-electron chi connectivity index (χ2n) is 2.75. The first-order valence-corrected chi connectivity index (χ1v) is 4.09. The van der Waals surface area contributed by atoms with Gasteiger partial charge in [-0.05, 0) is 6.42 Å². The van der Waals surface area contributed by atoms with Crippen molar-refractivity contribution in [2.45, 2.75) is 26.3 Å². The quantitative estimate of drug-likeness (QED) is 0.605. The van der Waals surface area contributed by atoms with Crippen LogP contribution >= 0.6 is 0 Å². The van der Waals surface area contributed by atoms with Crippen molar-refractivity contribution in [1.82, 2.24) is 9.78 Å². The normalized spacial score (nSPS) is 15.7. The predicted molar refractivity (Wildman–Crippen MR) is 41.7 cm³/mol. The lowest BCUT2D eigenvalue weighted by Gasteiger charge is -2.13. The number of hydrogen-bond donors (Lipinski definition) is 0. The van der Waals surface area contributed by atoms with E-state index in [1.54, 1.807) is 0 Å². The fourth-order valence-electron chi connectivity index (χ4n) is 1.29. The van der Waals surface area contributed by atoms with Crippen LogP contribution in [0.2, 0.25) is 0 Å². The molecule has 0 unspecified atom stereocenters. The van der Waals surface area contributed by atoms with Crippen LogP contribution in [0.4, 0.5) is 0 Å². The van der Waals surface area contributed by atoms with Crippen molar-refractivity contribution < 1.29 is 4.74 Å². The van der Waals surface area contributed by atoms with Crippen molar-refractivity contribution >= 4 is 0 Å². The lowest BCUT2D eigenvalue weighted by atomic mass is 10.3. The zero-order chi connectivity index (χ0) is 7.68. The van der Waals surface area contributed by atoms with Crippen LogP contribution in [0.1, 0.15) is 19.0 Å². The molecule has 0 saturated heterocycles. The largest absolute Gasteiger partial charge is 0.478 e. The molecule has 0 spiro atoms. The van der Waals surface area contributed by atoms with Crippen molar-refractivity contribution in [3.8, 4) is 5.88 Å². The summed E-state index contributed by atoms with van der Waals surface area (Å²) in [7, 11) is 0. The summed E-state index contributed by atoms with van der Waals surface area (Å²) >= 11 is 0. The Hall–Kier alpha value is -0.990. The third-order valence-electron chi connectivity index (χ3n) is 1.92. The summed E-state index contributed by atoms with van der Waals surface area (Å²) in [6.07, 6.45) is 2.07. The molecule has 1 aliphatic heterocycles. The van der Waals surface area contributed by atoms with Crippen LogP contribution in [-0.2, 0) is 13.0 Å². The molecule has 0 fully saturated rings. The molecule has 0 saturated carbocycles. The van der Waals surface area contributed by atoms with E-state index in [0.717, 1.165) is 37.6 Å². The van der Waals surface area contributed by atoms with Gasteiger partial charge in [0.1, 0.15) is 0 Å². The van der Waals surface area contributed by atoms with Gasteiger partial charge in [-0.1, -0.05) is 6.92 Å². The molecule has 3 heteroatoms. The van der Waals surface area contributed by atoms with Crippen LogP contribution in [0, 0.1) is 0 Å². The van der Waals surface area contributed by atoms with E-state index in [9.17, 15) is 0 Å². The maximum absolute atomic E-state index is 5.41. The fraction of sp³-hybridized carbons (Fsp3) is 0.625. The molecule has 0 N–H and O–H groups in total. The Kier molecular flexibility index (Phi) is 1.56. The molecule has 0 aliphatic carbocycles. The van der Waals surface area contributed by atoms with Gasteiger partial charge >= 0.3 is 0 Å². The lowest BCUT2D eigenvalue weighted by molar-refractivity contribution is 0.230. The van der Waals surface area contributed by atoms with Gasteiger partial charge in [0, 0.05) is 19.0 Å². The molecular formula is C8H12N2O. The van der Waals surface area contributed by atoms with E-state index in [-0.39, 0.29) is 0 Å². The zero-order valence-corrected chi connectivity index (χ0v) is 6.71. The average Bonchev–Trinajstić information content (AvgIpc) is 2.46. The molecule has 3 nitrogen and oxygen atoms in total. The van der Waals surface area contributed by atoms with Crippen LogP contribution in [-0.4, -0.2) is 16.4 Å². The number of nitrogens with zero attached hydrogens (tertiary/aromatic N) is 2. The molecule has 0 atom stereocenters. The van der Waals surface area contributed by atoms with Gasteiger partial charge in [0.15, 0.2) is 0 Å². The number of aromatic nitrogens is 2. The second kappa shape index (κ2) is 2.57. The molecule has 0 aromatic carbocycles. The van der Waals surface area contributed by atoms with Crippen LogP contribution in [0.5, 0.6) is 5.88 Å². The predicted octanol–water partition coefficient (Wildman–Crippen LogP) is 1.23. The van der Waals surface area contributed by atoms with E-state index < -0.39 is 0 Å². The van der Waals surface area contributed by atoms with Gasteiger partial charge in [0.05, 0.1) is 12.3 Å². The maximum atomic E-state index is 5.41. The van der Waals surface area contributed by atoms with E-state index in [1.165, 1.54) is 0 Å². The minimum Gasteiger partial charge on any atom is -0.478 e. The van der Waals surface area contributed by atoms with Crippen LogP contribution in [0.25, 0.3) is 0 Å². The summed E-state index contributed by atoms with van der Waals surface area (Å²) in [6, 6.07) is 2.03. The van der Waals surface area contributed by atoms with Crippen LogP contribution < -0.4 is 4.74 Å². The SMILES string of the molecule is CCc1cc2n(n1)CCCO2. The molecular weight excluding hydrogens is 140 g/mol. The highest BCUT2D eigenvalue weighted by Gasteiger charge is 2.11. The number of fused-ring (bicyclic) bond motifs is 1. The molecule has 0 bridgehead atoms. The highest BCUT2D eigenvalue weighted by Crippen LogP contribution is 2.18. The molecule has 0 radical (unpaired) electrons. The number of aryl methyl sites for hydroxylation is 2. The van der Waals surface area contributed by atoms with Crippen molar-refractivity contribution in [2.75, 3.05) is 6.61 Å². The van der Waals surface area contributed by atoms with E-state index in [0.29, 0.717) is 0 Å². The third-order valence-corrected chi connectivity index (χ3v) is 1.92. The van der Waals surface area contributed by atoms with E-state index in [4.69, 9.17) is 4.74 Å². The monoisotopic (exact) mass is 152 g/mol. The van der Waals surface area contributed by atoms with Gasteiger partial charge in [0.2, 0.25) is 5.88 Å². The summed E-state index contributed by atoms with van der Waals surface area (Å²) in [4.78, 5) is 0. The Morgan fingerprint density at radius 3 is 3.36 bits per heavy atom. The summed E-state index contributed by atoms with van der Waals surface area (Å²) in [6.45, 7) is 3.96. The van der Waals surface area contributed by atoms with Gasteiger partial charge in [-0.3, -0.25) is 0 Å². The summed E-state index contributed by atoms with van der Waals surface area (Å²) < 4.78 is 7.35. The van der Waals surface area contributed by atoms with Crippen molar-refractivity contribution in [2.24, 2.45) is 0 Å². The van der Waals surface area contributed by atoms with Crippen LogP contribution in [0.3, 0.4) is 0 Å². The first-order chi connectivity index (χ1) is 5.40. The van der Waals surface area contributed by atoms with Crippen molar-refractivity contribution in [1.29, 1.82) is 0 Å². The maximum Gasteiger partial charge on any atom is 0.211 e. The van der Waals surface area contributed by atoms with Crippen molar-refractivity contribution in [3.63, 3.8) is 0 Å². The Morgan fingerprint density at radius 1 is 1.73 bits per heavy atom. The number of hydrogen-bond acceptors (Lipinski definition) is 2. The van der Waals surface area contributed by atoms with E-state index in [2.05, 4.69) is 12.0 Å². The van der Waals surface area contributed by atoms with E-state index >= 15 is 0 Å². The highest BCUT2D eigenvalue weighted by atomic mass is 16.5. The first-order valence-electron chi connectivity index (χ1n) is 4.09. The molecule has 11 heavy (non-hydrogen) atoms. The van der Waals surface area contributed by atoms with Gasteiger partial charge in [-0.25, -0.2) is 4.68 Å². The minimum atomic E-state index is 0.842. The molecule has 60 valence electrons. The average molecular weight is 152 g/mol. The number of rotatable bonds is 1. The zero-order valence-electron chi connectivity index (χ0n) is 6.71. The lowest BCUT2D eigenvalue weighted by Crippen LogP contribution is -2.14. The molecule has 1 aromatic heterocycles. The topological polar surface area (TPSA) is 27.1 Å². The molecule has 2 rings (SSSR count). The Morgan fingerprint density at radius 2 is 2.64 bits per heavy atom. The summed E-state index contributed by atoms with van der Waals surface area (Å²) in [5.74, 6) is 0.938. The molecule has 1 aromatic rings. The van der Waals surface area contributed by atoms with Gasteiger partial charge < -0.3 is 4.74 Å². The second-order valence-corrected chi connectivity index (χ2v) is 2.75. The Bertz CT molecular complexity index is 231. The summed E-state index contributed by atoms with van der Waals surface area (Å²) in [5, 5.41) is 4.36. The van der Waals surface area contributed by atoms with Gasteiger partial charge in [0.25, 0.3) is 0 Å². The third kappa shape index (κ3) is 1.11. The van der Waals surface area contributed by atoms with Gasteiger partial charge in [-0.2, -0.15) is 5.10 Å². The number of ether oxygens (including phenoxy) is 1. The Balaban J connectivity index is 2.32.